The summed E-state index contributed by atoms with van der Waals surface area (Å²) in [5.74, 6) is -0.586. The number of benzene rings is 1. The Labute approximate surface area is 136 Å². The summed E-state index contributed by atoms with van der Waals surface area (Å²) in [6.07, 6.45) is 4.78. The fourth-order valence-corrected chi connectivity index (χ4v) is 2.63. The third kappa shape index (κ3) is 2.28. The Bertz CT molecular complexity index is 1040. The molecule has 7 heteroatoms. The van der Waals surface area contributed by atoms with Crippen LogP contribution in [-0.2, 0) is 0 Å². The number of primary amides is 1. The molecule has 24 heavy (non-hydrogen) atoms. The maximum Gasteiger partial charge on any atom is 0.268 e. The Kier molecular flexibility index (Phi) is 3.24. The molecule has 1 aromatic carbocycles. The first-order valence-corrected chi connectivity index (χ1v) is 7.24. The van der Waals surface area contributed by atoms with Crippen LogP contribution in [0.4, 0.5) is 0 Å². The van der Waals surface area contributed by atoms with Crippen molar-refractivity contribution in [3.63, 3.8) is 0 Å². The van der Waals surface area contributed by atoms with Crippen molar-refractivity contribution in [2.45, 2.75) is 0 Å². The molecule has 4 aromatic rings. The molecule has 0 saturated carbocycles. The molecule has 0 aliphatic rings. The van der Waals surface area contributed by atoms with E-state index in [-0.39, 0.29) is 5.69 Å². The van der Waals surface area contributed by atoms with Crippen LogP contribution < -0.4 is 5.73 Å². The molecule has 0 bridgehead atoms. The minimum Gasteiger partial charge on any atom is -0.364 e. The predicted octanol–water partition coefficient (Wildman–Crippen LogP) is 2.18. The number of fused-ring (bicyclic) bond motifs is 1. The molecule has 0 aliphatic carbocycles. The standard InChI is InChI=1S/C17H12N6O/c18-17(24)16-11-7-10(4-5-13(11)20-9-21-16)12-8-22-23-15(12)14-3-1-2-6-19-14/h1-9H,(H2,18,24)(H,22,23). The Morgan fingerprint density at radius 1 is 1.08 bits per heavy atom. The smallest absolute Gasteiger partial charge is 0.268 e. The molecule has 0 fully saturated rings. The summed E-state index contributed by atoms with van der Waals surface area (Å²) in [6.45, 7) is 0. The molecule has 0 saturated heterocycles. The van der Waals surface area contributed by atoms with E-state index in [0.717, 1.165) is 22.5 Å². The summed E-state index contributed by atoms with van der Waals surface area (Å²) in [5, 5.41) is 7.70. The molecule has 0 aliphatic heterocycles. The summed E-state index contributed by atoms with van der Waals surface area (Å²) in [7, 11) is 0. The number of nitrogens with zero attached hydrogens (tertiary/aromatic N) is 4. The van der Waals surface area contributed by atoms with Crippen molar-refractivity contribution in [2.75, 3.05) is 0 Å². The molecule has 0 radical (unpaired) electrons. The van der Waals surface area contributed by atoms with Gasteiger partial charge in [-0.05, 0) is 29.8 Å². The van der Waals surface area contributed by atoms with Crippen molar-refractivity contribution in [1.29, 1.82) is 0 Å². The van der Waals surface area contributed by atoms with Crippen molar-refractivity contribution in [2.24, 2.45) is 5.73 Å². The van der Waals surface area contributed by atoms with Gasteiger partial charge >= 0.3 is 0 Å². The highest BCUT2D eigenvalue weighted by molar-refractivity contribution is 6.04. The molecule has 0 atom stereocenters. The topological polar surface area (TPSA) is 110 Å². The minimum atomic E-state index is -0.586. The van der Waals surface area contributed by atoms with Crippen LogP contribution in [0.15, 0.2) is 55.1 Å². The molecule has 1 amide bonds. The average molecular weight is 316 g/mol. The van der Waals surface area contributed by atoms with Gasteiger partial charge in [0.2, 0.25) is 0 Å². The molecule has 7 nitrogen and oxygen atoms in total. The third-order valence-electron chi connectivity index (χ3n) is 3.74. The Balaban J connectivity index is 1.91. The number of nitrogens with one attached hydrogen (secondary N) is 1. The van der Waals surface area contributed by atoms with E-state index < -0.39 is 5.91 Å². The van der Waals surface area contributed by atoms with Crippen LogP contribution in [0, 0.1) is 0 Å². The van der Waals surface area contributed by atoms with E-state index in [1.807, 2.05) is 36.4 Å². The van der Waals surface area contributed by atoms with Gasteiger partial charge in [-0.1, -0.05) is 12.1 Å². The van der Waals surface area contributed by atoms with Gasteiger partial charge in [0.15, 0.2) is 0 Å². The number of carbonyl (C=O) groups excluding carboxylic acids is 1. The first kappa shape index (κ1) is 14.0. The summed E-state index contributed by atoms with van der Waals surface area (Å²) >= 11 is 0. The van der Waals surface area contributed by atoms with Crippen molar-refractivity contribution >= 4 is 16.8 Å². The number of rotatable bonds is 3. The molecule has 3 heterocycles. The number of amides is 1. The van der Waals surface area contributed by atoms with Gasteiger partial charge in [0.05, 0.1) is 23.1 Å². The van der Waals surface area contributed by atoms with Gasteiger partial charge in [-0.3, -0.25) is 14.9 Å². The van der Waals surface area contributed by atoms with Gasteiger partial charge in [-0.15, -0.1) is 0 Å². The van der Waals surface area contributed by atoms with Crippen molar-refractivity contribution in [3.8, 4) is 22.5 Å². The van der Waals surface area contributed by atoms with E-state index >= 15 is 0 Å². The second-order valence-corrected chi connectivity index (χ2v) is 5.19. The highest BCUT2D eigenvalue weighted by Gasteiger charge is 2.14. The van der Waals surface area contributed by atoms with Gasteiger partial charge in [0, 0.05) is 17.1 Å². The molecule has 4 rings (SSSR count). The number of H-pyrrole nitrogens is 1. The van der Waals surface area contributed by atoms with Crippen LogP contribution in [0.2, 0.25) is 0 Å². The normalized spacial score (nSPS) is 10.8. The summed E-state index contributed by atoms with van der Waals surface area (Å²) in [5.41, 5.74) is 9.59. The van der Waals surface area contributed by atoms with E-state index in [1.165, 1.54) is 6.33 Å². The summed E-state index contributed by atoms with van der Waals surface area (Å²) in [4.78, 5) is 24.1. The molecular weight excluding hydrogens is 304 g/mol. The fraction of sp³-hybridized carbons (Fsp3) is 0. The highest BCUT2D eigenvalue weighted by Crippen LogP contribution is 2.31. The van der Waals surface area contributed by atoms with Crippen LogP contribution in [0.25, 0.3) is 33.4 Å². The maximum atomic E-state index is 11.6. The fourth-order valence-electron chi connectivity index (χ4n) is 2.63. The number of aromatic amines is 1. The van der Waals surface area contributed by atoms with Crippen LogP contribution in [0.5, 0.6) is 0 Å². The monoisotopic (exact) mass is 316 g/mol. The largest absolute Gasteiger partial charge is 0.364 e. The minimum absolute atomic E-state index is 0.199. The number of pyridine rings is 1. The lowest BCUT2D eigenvalue weighted by atomic mass is 10.0. The van der Waals surface area contributed by atoms with E-state index in [2.05, 4.69) is 25.1 Å². The highest BCUT2D eigenvalue weighted by atomic mass is 16.1. The molecule has 116 valence electrons. The van der Waals surface area contributed by atoms with E-state index in [1.54, 1.807) is 12.4 Å². The van der Waals surface area contributed by atoms with E-state index in [9.17, 15) is 4.79 Å². The number of hydrogen-bond acceptors (Lipinski definition) is 5. The Hall–Kier alpha value is -3.61. The maximum absolute atomic E-state index is 11.6. The van der Waals surface area contributed by atoms with Gasteiger partial charge in [-0.25, -0.2) is 9.97 Å². The lowest BCUT2D eigenvalue weighted by Gasteiger charge is -2.06. The lowest BCUT2D eigenvalue weighted by Crippen LogP contribution is -2.13. The van der Waals surface area contributed by atoms with Gasteiger partial charge in [0.1, 0.15) is 12.0 Å². The van der Waals surface area contributed by atoms with Crippen molar-refractivity contribution in [1.82, 2.24) is 25.1 Å². The number of hydrogen-bond donors (Lipinski definition) is 2. The van der Waals surface area contributed by atoms with Gasteiger partial charge in [-0.2, -0.15) is 5.10 Å². The first-order chi connectivity index (χ1) is 11.7. The van der Waals surface area contributed by atoms with E-state index in [4.69, 9.17) is 5.73 Å². The molecule has 3 N–H and O–H groups in total. The SMILES string of the molecule is NC(=O)c1ncnc2ccc(-c3cn[nH]c3-c3ccccn3)cc12. The number of carbonyl (C=O) groups is 1. The Morgan fingerprint density at radius 2 is 2.00 bits per heavy atom. The quantitative estimate of drug-likeness (QED) is 0.602. The van der Waals surface area contributed by atoms with Gasteiger partial charge in [0.25, 0.3) is 5.91 Å². The van der Waals surface area contributed by atoms with Crippen LogP contribution >= 0.6 is 0 Å². The first-order valence-electron chi connectivity index (χ1n) is 7.24. The number of aromatic nitrogens is 5. The van der Waals surface area contributed by atoms with Gasteiger partial charge < -0.3 is 5.73 Å². The molecule has 0 spiro atoms. The lowest BCUT2D eigenvalue weighted by molar-refractivity contribution is 0.0997. The number of nitrogens with two attached hydrogens (primary N) is 1. The molecular formula is C17H12N6O. The van der Waals surface area contributed by atoms with E-state index in [0.29, 0.717) is 10.9 Å². The molecule has 3 aromatic heterocycles. The Morgan fingerprint density at radius 3 is 2.79 bits per heavy atom. The summed E-state index contributed by atoms with van der Waals surface area (Å²) < 4.78 is 0. The zero-order valence-corrected chi connectivity index (χ0v) is 12.5. The van der Waals surface area contributed by atoms with Crippen LogP contribution in [0.1, 0.15) is 10.5 Å². The predicted molar refractivity (Wildman–Crippen MR) is 88.9 cm³/mol. The summed E-state index contributed by atoms with van der Waals surface area (Å²) in [6, 6.07) is 11.2. The second-order valence-electron chi connectivity index (χ2n) is 5.19. The zero-order valence-electron chi connectivity index (χ0n) is 12.5. The van der Waals surface area contributed by atoms with Crippen LogP contribution in [-0.4, -0.2) is 31.1 Å². The third-order valence-corrected chi connectivity index (χ3v) is 3.74. The average Bonchev–Trinajstić information content (AvgIpc) is 3.11. The van der Waals surface area contributed by atoms with Crippen molar-refractivity contribution in [3.05, 3.63) is 60.8 Å². The zero-order chi connectivity index (χ0) is 16.5. The molecule has 0 unspecified atom stereocenters. The van der Waals surface area contributed by atoms with Crippen molar-refractivity contribution < 1.29 is 4.79 Å². The second kappa shape index (κ2) is 5.54. The van der Waals surface area contributed by atoms with Crippen LogP contribution in [0.3, 0.4) is 0 Å².